The Morgan fingerprint density at radius 1 is 1.00 bits per heavy atom. The summed E-state index contributed by atoms with van der Waals surface area (Å²) in [6.07, 6.45) is 2.11. The highest BCUT2D eigenvalue weighted by Crippen LogP contribution is 2.23. The molecule has 2 aromatic carbocycles. The third kappa shape index (κ3) is 5.58. The maximum absolute atomic E-state index is 12.4. The third-order valence-electron chi connectivity index (χ3n) is 4.44. The summed E-state index contributed by atoms with van der Waals surface area (Å²) in [6.45, 7) is 6.42. The molecular weight excluding hydrogens is 340 g/mol. The first-order valence-electron chi connectivity index (χ1n) is 9.25. The van der Waals surface area contributed by atoms with Crippen molar-refractivity contribution in [3.8, 4) is 5.75 Å². The number of rotatable bonds is 6. The number of carbonyl (C=O) groups is 2. The summed E-state index contributed by atoms with van der Waals surface area (Å²) in [6, 6.07) is 15.0. The molecule has 5 nitrogen and oxygen atoms in total. The topological polar surface area (TPSA) is 67.4 Å². The lowest BCUT2D eigenvalue weighted by Gasteiger charge is -2.19. The van der Waals surface area contributed by atoms with Crippen molar-refractivity contribution in [3.63, 3.8) is 0 Å². The molecule has 1 aliphatic rings. The second-order valence-corrected chi connectivity index (χ2v) is 7.94. The standard InChI is InChI=1S/C22H26N2O3/c1-22(2,3)16-6-4-15(5-7-16)21(26)24-18-10-12-19(13-11-18)27-14-20(25)23-17-8-9-17/h4-7,10-13,17H,8-9,14H2,1-3H3,(H,23,25)(H,24,26). The van der Waals surface area contributed by atoms with E-state index in [9.17, 15) is 9.59 Å². The van der Waals surface area contributed by atoms with Gasteiger partial charge in [-0.15, -0.1) is 0 Å². The van der Waals surface area contributed by atoms with Gasteiger partial charge in [0.25, 0.3) is 11.8 Å². The van der Waals surface area contributed by atoms with Crippen LogP contribution in [0, 0.1) is 0 Å². The molecule has 2 N–H and O–H groups in total. The summed E-state index contributed by atoms with van der Waals surface area (Å²) in [5.41, 5.74) is 2.53. The number of benzene rings is 2. The molecule has 3 rings (SSSR count). The van der Waals surface area contributed by atoms with Gasteiger partial charge in [-0.05, 0) is 60.2 Å². The number of anilines is 1. The molecule has 27 heavy (non-hydrogen) atoms. The Hall–Kier alpha value is -2.82. The van der Waals surface area contributed by atoms with Gasteiger partial charge in [-0.1, -0.05) is 32.9 Å². The molecule has 0 saturated heterocycles. The Balaban J connectivity index is 1.52. The van der Waals surface area contributed by atoms with Crippen molar-refractivity contribution in [3.05, 3.63) is 59.7 Å². The largest absolute Gasteiger partial charge is 0.484 e. The van der Waals surface area contributed by atoms with Gasteiger partial charge in [-0.2, -0.15) is 0 Å². The molecule has 1 fully saturated rings. The lowest BCUT2D eigenvalue weighted by atomic mass is 9.87. The Labute approximate surface area is 160 Å². The minimum Gasteiger partial charge on any atom is -0.484 e. The van der Waals surface area contributed by atoms with E-state index in [1.807, 2.05) is 24.3 Å². The molecule has 0 bridgehead atoms. The fourth-order valence-corrected chi connectivity index (χ4v) is 2.61. The second-order valence-electron chi connectivity index (χ2n) is 7.94. The van der Waals surface area contributed by atoms with Gasteiger partial charge in [0, 0.05) is 17.3 Å². The molecule has 0 aliphatic heterocycles. The molecule has 1 saturated carbocycles. The fourth-order valence-electron chi connectivity index (χ4n) is 2.61. The van der Waals surface area contributed by atoms with Gasteiger partial charge in [-0.25, -0.2) is 0 Å². The van der Waals surface area contributed by atoms with Crippen LogP contribution in [0.1, 0.15) is 49.5 Å². The molecule has 0 aromatic heterocycles. The quantitative estimate of drug-likeness (QED) is 0.815. The minimum absolute atomic E-state index is 0.00231. The van der Waals surface area contributed by atoms with Crippen molar-refractivity contribution in [2.45, 2.75) is 45.1 Å². The van der Waals surface area contributed by atoms with E-state index in [4.69, 9.17) is 4.74 Å². The van der Waals surface area contributed by atoms with E-state index in [0.29, 0.717) is 23.0 Å². The molecule has 0 radical (unpaired) electrons. The zero-order valence-corrected chi connectivity index (χ0v) is 16.0. The van der Waals surface area contributed by atoms with Gasteiger partial charge < -0.3 is 15.4 Å². The van der Waals surface area contributed by atoms with Crippen molar-refractivity contribution in [1.82, 2.24) is 5.32 Å². The molecule has 0 unspecified atom stereocenters. The summed E-state index contributed by atoms with van der Waals surface area (Å²) >= 11 is 0. The summed E-state index contributed by atoms with van der Waals surface area (Å²) in [5, 5.41) is 5.74. The average molecular weight is 366 g/mol. The van der Waals surface area contributed by atoms with Crippen LogP contribution >= 0.6 is 0 Å². The van der Waals surface area contributed by atoms with E-state index in [1.54, 1.807) is 24.3 Å². The zero-order chi connectivity index (χ0) is 19.4. The molecule has 5 heteroatoms. The third-order valence-corrected chi connectivity index (χ3v) is 4.44. The van der Waals surface area contributed by atoms with Crippen molar-refractivity contribution in [1.29, 1.82) is 0 Å². The van der Waals surface area contributed by atoms with Crippen LogP contribution in [0.5, 0.6) is 5.75 Å². The first kappa shape index (κ1) is 19.0. The van der Waals surface area contributed by atoms with Crippen LogP contribution in [0.15, 0.2) is 48.5 Å². The number of carbonyl (C=O) groups excluding carboxylic acids is 2. The van der Waals surface area contributed by atoms with E-state index in [1.165, 1.54) is 5.56 Å². The molecule has 0 heterocycles. The van der Waals surface area contributed by atoms with Crippen LogP contribution in [-0.2, 0) is 10.2 Å². The highest BCUT2D eigenvalue weighted by atomic mass is 16.5. The van der Waals surface area contributed by atoms with Gasteiger partial charge in [0.15, 0.2) is 6.61 Å². The molecule has 0 atom stereocenters. The van der Waals surface area contributed by atoms with Crippen LogP contribution in [0.4, 0.5) is 5.69 Å². The Kier molecular flexibility index (Phi) is 5.49. The highest BCUT2D eigenvalue weighted by Gasteiger charge is 2.23. The van der Waals surface area contributed by atoms with Crippen molar-refractivity contribution < 1.29 is 14.3 Å². The van der Waals surface area contributed by atoms with Crippen LogP contribution < -0.4 is 15.4 Å². The van der Waals surface area contributed by atoms with Gasteiger partial charge in [0.05, 0.1) is 0 Å². The smallest absolute Gasteiger partial charge is 0.258 e. The molecule has 0 spiro atoms. The minimum atomic E-state index is -0.159. The van der Waals surface area contributed by atoms with E-state index >= 15 is 0 Å². The average Bonchev–Trinajstić information content (AvgIpc) is 3.44. The molecule has 1 aliphatic carbocycles. The van der Waals surface area contributed by atoms with Crippen LogP contribution in [0.3, 0.4) is 0 Å². The van der Waals surface area contributed by atoms with E-state index in [-0.39, 0.29) is 23.8 Å². The Morgan fingerprint density at radius 2 is 1.63 bits per heavy atom. The highest BCUT2D eigenvalue weighted by molar-refractivity contribution is 6.04. The first-order valence-corrected chi connectivity index (χ1v) is 9.25. The molecular formula is C22H26N2O3. The predicted octanol–water partition coefficient (Wildman–Crippen LogP) is 3.89. The van der Waals surface area contributed by atoms with Crippen LogP contribution in [0.25, 0.3) is 0 Å². The summed E-state index contributed by atoms with van der Waals surface area (Å²) in [4.78, 5) is 24.0. The Bertz CT molecular complexity index is 801. The van der Waals surface area contributed by atoms with Crippen molar-refractivity contribution in [2.75, 3.05) is 11.9 Å². The van der Waals surface area contributed by atoms with Gasteiger partial charge in [-0.3, -0.25) is 9.59 Å². The first-order chi connectivity index (χ1) is 12.8. The Morgan fingerprint density at radius 3 is 2.19 bits per heavy atom. The van der Waals surface area contributed by atoms with E-state index < -0.39 is 0 Å². The van der Waals surface area contributed by atoms with Crippen molar-refractivity contribution in [2.24, 2.45) is 0 Å². The fraction of sp³-hybridized carbons (Fsp3) is 0.364. The SMILES string of the molecule is CC(C)(C)c1ccc(C(=O)Nc2ccc(OCC(=O)NC3CC3)cc2)cc1. The number of amides is 2. The lowest BCUT2D eigenvalue weighted by Crippen LogP contribution is -2.30. The van der Waals surface area contributed by atoms with E-state index in [2.05, 4.69) is 31.4 Å². The maximum Gasteiger partial charge on any atom is 0.258 e. The van der Waals surface area contributed by atoms with Gasteiger partial charge in [0.2, 0.25) is 0 Å². The lowest BCUT2D eigenvalue weighted by molar-refractivity contribution is -0.123. The second kappa shape index (κ2) is 7.82. The molecule has 2 aromatic rings. The zero-order valence-electron chi connectivity index (χ0n) is 16.0. The molecule has 2 amide bonds. The number of nitrogens with one attached hydrogen (secondary N) is 2. The van der Waals surface area contributed by atoms with Crippen LogP contribution in [0.2, 0.25) is 0 Å². The normalized spacial score (nSPS) is 13.7. The van der Waals surface area contributed by atoms with Gasteiger partial charge >= 0.3 is 0 Å². The summed E-state index contributed by atoms with van der Waals surface area (Å²) in [7, 11) is 0. The van der Waals surface area contributed by atoms with Crippen LogP contribution in [-0.4, -0.2) is 24.5 Å². The van der Waals surface area contributed by atoms with Crippen molar-refractivity contribution >= 4 is 17.5 Å². The number of hydrogen-bond donors (Lipinski definition) is 2. The summed E-state index contributed by atoms with van der Waals surface area (Å²) in [5.74, 6) is 0.329. The number of hydrogen-bond acceptors (Lipinski definition) is 3. The maximum atomic E-state index is 12.4. The van der Waals surface area contributed by atoms with Gasteiger partial charge in [0.1, 0.15) is 5.75 Å². The monoisotopic (exact) mass is 366 g/mol. The summed E-state index contributed by atoms with van der Waals surface area (Å²) < 4.78 is 5.46. The molecule has 142 valence electrons. The number of ether oxygens (including phenoxy) is 1. The van der Waals surface area contributed by atoms with E-state index in [0.717, 1.165) is 12.8 Å². The predicted molar refractivity (Wildman–Crippen MR) is 106 cm³/mol.